The summed E-state index contributed by atoms with van der Waals surface area (Å²) in [4.78, 5) is -0.136. The lowest BCUT2D eigenvalue weighted by atomic mass is 10.2. The number of aryl methyl sites for hydroxylation is 1. The summed E-state index contributed by atoms with van der Waals surface area (Å²) in [5.41, 5.74) is -0.0797. The fourth-order valence-corrected chi connectivity index (χ4v) is 2.55. The van der Waals surface area contributed by atoms with Gasteiger partial charge in [-0.15, -0.1) is 0 Å². The lowest BCUT2D eigenvalue weighted by Crippen LogP contribution is -2.14. The average molecular weight is 285 g/mol. The number of aliphatic hydroxyl groups is 1. The number of hydrogen-bond acceptors (Lipinski definition) is 4. The third-order valence-electron chi connectivity index (χ3n) is 2.45. The number of aliphatic hydroxyl groups excluding tert-OH is 1. The van der Waals surface area contributed by atoms with Crippen molar-refractivity contribution in [3.05, 3.63) is 41.8 Å². The number of aromatic nitrogens is 2. The maximum absolute atomic E-state index is 13.2. The third-order valence-corrected chi connectivity index (χ3v) is 3.80. The van der Waals surface area contributed by atoms with Gasteiger partial charge >= 0.3 is 0 Å². The summed E-state index contributed by atoms with van der Waals surface area (Å²) in [7, 11) is -2.20. The van der Waals surface area contributed by atoms with E-state index in [1.165, 1.54) is 10.7 Å². The van der Waals surface area contributed by atoms with Gasteiger partial charge in [-0.2, -0.15) is 5.10 Å². The van der Waals surface area contributed by atoms with Crippen molar-refractivity contribution in [2.75, 3.05) is 4.72 Å². The summed E-state index contributed by atoms with van der Waals surface area (Å²) in [6, 6.07) is 4.70. The molecule has 0 amide bonds. The Morgan fingerprint density at radius 1 is 1.42 bits per heavy atom. The summed E-state index contributed by atoms with van der Waals surface area (Å²) >= 11 is 0. The van der Waals surface area contributed by atoms with Gasteiger partial charge in [-0.25, -0.2) is 12.8 Å². The maximum atomic E-state index is 13.2. The largest absolute Gasteiger partial charge is 0.392 e. The number of halogens is 1. The number of sulfonamides is 1. The topological polar surface area (TPSA) is 84.2 Å². The number of hydrogen-bond donors (Lipinski definition) is 2. The van der Waals surface area contributed by atoms with E-state index in [9.17, 15) is 12.8 Å². The summed E-state index contributed by atoms with van der Waals surface area (Å²) in [5.74, 6) is -0.489. The molecule has 0 unspecified atom stereocenters. The molecule has 0 spiro atoms. The molecule has 2 N–H and O–H groups in total. The highest BCUT2D eigenvalue weighted by atomic mass is 32.2. The van der Waals surface area contributed by atoms with E-state index in [2.05, 4.69) is 9.82 Å². The van der Waals surface area contributed by atoms with Crippen LogP contribution in [0.15, 0.2) is 35.4 Å². The molecule has 0 aliphatic heterocycles. The standard InChI is InChI=1S/C11H12FN3O3S/c1-15-5-4-11(13-15)14-19(17,18)9-2-3-10(12)8(6-9)7-16/h2-6,16H,7H2,1H3,(H,13,14). The summed E-state index contributed by atoms with van der Waals surface area (Å²) < 4.78 is 41.0. The fraction of sp³-hybridized carbons (Fsp3) is 0.182. The summed E-state index contributed by atoms with van der Waals surface area (Å²) in [6.45, 7) is -0.571. The van der Waals surface area contributed by atoms with Crippen LogP contribution in [0.25, 0.3) is 0 Å². The molecule has 1 aromatic heterocycles. The van der Waals surface area contributed by atoms with Gasteiger partial charge < -0.3 is 5.11 Å². The zero-order valence-electron chi connectivity index (χ0n) is 10.0. The van der Waals surface area contributed by atoms with Gasteiger partial charge in [-0.05, 0) is 18.2 Å². The minimum atomic E-state index is -3.85. The SMILES string of the molecule is Cn1ccc(NS(=O)(=O)c2ccc(F)c(CO)c2)n1. The first-order valence-electron chi connectivity index (χ1n) is 5.34. The molecule has 0 aliphatic rings. The Hall–Kier alpha value is -1.93. The van der Waals surface area contributed by atoms with Crippen LogP contribution in [-0.4, -0.2) is 23.3 Å². The van der Waals surface area contributed by atoms with Crippen molar-refractivity contribution < 1.29 is 17.9 Å². The Labute approximate surface area is 109 Å². The number of nitrogens with one attached hydrogen (secondary N) is 1. The fourth-order valence-electron chi connectivity index (χ4n) is 1.51. The maximum Gasteiger partial charge on any atom is 0.263 e. The van der Waals surface area contributed by atoms with Gasteiger partial charge in [0.05, 0.1) is 11.5 Å². The van der Waals surface area contributed by atoms with E-state index in [4.69, 9.17) is 5.11 Å². The number of nitrogens with zero attached hydrogens (tertiary/aromatic N) is 2. The predicted molar refractivity (Wildman–Crippen MR) is 66.3 cm³/mol. The van der Waals surface area contributed by atoms with Gasteiger partial charge in [0.2, 0.25) is 0 Å². The Kier molecular flexibility index (Phi) is 3.54. The van der Waals surface area contributed by atoms with Crippen molar-refractivity contribution in [3.8, 4) is 0 Å². The van der Waals surface area contributed by atoms with Crippen LogP contribution in [0, 0.1) is 5.82 Å². The summed E-state index contributed by atoms with van der Waals surface area (Å²) in [5, 5.41) is 12.8. The Balaban J connectivity index is 2.34. The highest BCUT2D eigenvalue weighted by Crippen LogP contribution is 2.18. The van der Waals surface area contributed by atoms with E-state index in [1.54, 1.807) is 13.2 Å². The van der Waals surface area contributed by atoms with E-state index in [-0.39, 0.29) is 16.3 Å². The van der Waals surface area contributed by atoms with Gasteiger partial charge in [0.25, 0.3) is 10.0 Å². The van der Waals surface area contributed by atoms with Crippen molar-refractivity contribution in [1.29, 1.82) is 0 Å². The van der Waals surface area contributed by atoms with Gasteiger partial charge in [-0.1, -0.05) is 0 Å². The lowest BCUT2D eigenvalue weighted by Gasteiger charge is -2.07. The second kappa shape index (κ2) is 4.98. The van der Waals surface area contributed by atoms with Crippen LogP contribution in [0.5, 0.6) is 0 Å². The smallest absolute Gasteiger partial charge is 0.263 e. The molecule has 8 heteroatoms. The van der Waals surface area contributed by atoms with E-state index in [0.29, 0.717) is 0 Å². The molecule has 102 valence electrons. The monoisotopic (exact) mass is 285 g/mol. The van der Waals surface area contributed by atoms with Crippen molar-refractivity contribution >= 4 is 15.8 Å². The lowest BCUT2D eigenvalue weighted by molar-refractivity contribution is 0.275. The van der Waals surface area contributed by atoms with Crippen molar-refractivity contribution in [2.45, 2.75) is 11.5 Å². The zero-order chi connectivity index (χ0) is 14.0. The van der Waals surface area contributed by atoms with Gasteiger partial charge in [0.1, 0.15) is 5.82 Å². The zero-order valence-corrected chi connectivity index (χ0v) is 10.9. The van der Waals surface area contributed by atoms with Gasteiger partial charge in [0, 0.05) is 24.9 Å². The van der Waals surface area contributed by atoms with Crippen molar-refractivity contribution in [3.63, 3.8) is 0 Å². The predicted octanol–water partition coefficient (Wildman–Crippen LogP) is 0.852. The van der Waals surface area contributed by atoms with Crippen LogP contribution < -0.4 is 4.72 Å². The van der Waals surface area contributed by atoms with E-state index in [1.807, 2.05) is 0 Å². The third kappa shape index (κ3) is 2.91. The molecular weight excluding hydrogens is 273 g/mol. The highest BCUT2D eigenvalue weighted by Gasteiger charge is 2.17. The van der Waals surface area contributed by atoms with Crippen molar-refractivity contribution in [2.24, 2.45) is 7.05 Å². The first-order valence-corrected chi connectivity index (χ1v) is 6.82. The van der Waals surface area contributed by atoms with E-state index < -0.39 is 22.4 Å². The minimum absolute atomic E-state index is 0.0797. The molecule has 0 radical (unpaired) electrons. The second-order valence-electron chi connectivity index (χ2n) is 3.89. The molecule has 0 aliphatic carbocycles. The number of benzene rings is 1. The molecule has 0 atom stereocenters. The molecule has 1 heterocycles. The van der Waals surface area contributed by atoms with Crippen LogP contribution in [0.1, 0.15) is 5.56 Å². The van der Waals surface area contributed by atoms with Crippen LogP contribution in [0.4, 0.5) is 10.2 Å². The van der Waals surface area contributed by atoms with Crippen LogP contribution in [0.3, 0.4) is 0 Å². The average Bonchev–Trinajstić information content (AvgIpc) is 2.74. The molecule has 19 heavy (non-hydrogen) atoms. The molecule has 2 rings (SSSR count). The van der Waals surface area contributed by atoms with Gasteiger partial charge in [-0.3, -0.25) is 9.40 Å². The number of anilines is 1. The molecule has 0 fully saturated rings. The van der Waals surface area contributed by atoms with E-state index in [0.717, 1.165) is 18.2 Å². The molecule has 1 aromatic carbocycles. The first-order chi connectivity index (χ1) is 8.92. The quantitative estimate of drug-likeness (QED) is 0.872. The van der Waals surface area contributed by atoms with Crippen LogP contribution in [-0.2, 0) is 23.7 Å². The molecule has 0 saturated heterocycles. The molecular formula is C11H12FN3O3S. The summed E-state index contributed by atoms with van der Waals surface area (Å²) in [6.07, 6.45) is 1.58. The normalized spacial score (nSPS) is 11.5. The molecule has 0 bridgehead atoms. The highest BCUT2D eigenvalue weighted by molar-refractivity contribution is 7.92. The number of rotatable bonds is 4. The van der Waals surface area contributed by atoms with Crippen LogP contribution in [0.2, 0.25) is 0 Å². The minimum Gasteiger partial charge on any atom is -0.392 e. The first kappa shape index (κ1) is 13.5. The molecule has 2 aromatic rings. The molecule has 6 nitrogen and oxygen atoms in total. The second-order valence-corrected chi connectivity index (χ2v) is 5.57. The van der Waals surface area contributed by atoms with Crippen molar-refractivity contribution in [1.82, 2.24) is 9.78 Å². The Bertz CT molecular complexity index is 697. The van der Waals surface area contributed by atoms with Gasteiger partial charge in [0.15, 0.2) is 5.82 Å². The molecule has 0 saturated carbocycles. The Morgan fingerprint density at radius 2 is 2.16 bits per heavy atom. The van der Waals surface area contributed by atoms with Crippen LogP contribution >= 0.6 is 0 Å². The van der Waals surface area contributed by atoms with E-state index >= 15 is 0 Å². The Morgan fingerprint density at radius 3 is 2.74 bits per heavy atom.